The van der Waals surface area contributed by atoms with Crippen LogP contribution in [0.25, 0.3) is 22.4 Å². The van der Waals surface area contributed by atoms with E-state index in [0.717, 1.165) is 22.8 Å². The largest absolute Gasteiger partial charge is 0.494 e. The normalized spacial score (nSPS) is 13.9. The molecule has 1 aliphatic rings. The van der Waals surface area contributed by atoms with Gasteiger partial charge in [-0.25, -0.2) is 4.79 Å². The summed E-state index contributed by atoms with van der Waals surface area (Å²) in [5.41, 5.74) is 2.87. The summed E-state index contributed by atoms with van der Waals surface area (Å²) in [5.74, 6) is 0.981. The first kappa shape index (κ1) is 21.7. The van der Waals surface area contributed by atoms with Crippen LogP contribution in [0.2, 0.25) is 0 Å². The summed E-state index contributed by atoms with van der Waals surface area (Å²) in [4.78, 5) is 28.9. The second-order valence-corrected chi connectivity index (χ2v) is 8.02. The highest BCUT2D eigenvalue weighted by molar-refractivity contribution is 5.79. The molecule has 3 heterocycles. The van der Waals surface area contributed by atoms with E-state index in [0.29, 0.717) is 43.9 Å². The molecule has 0 radical (unpaired) electrons. The van der Waals surface area contributed by atoms with Crippen molar-refractivity contribution in [3.8, 4) is 17.0 Å². The number of anilines is 1. The minimum atomic E-state index is -0.518. The maximum atomic E-state index is 12.8. The summed E-state index contributed by atoms with van der Waals surface area (Å²) in [6, 6.07) is 18.8. The molecule has 1 fully saturated rings. The average molecular weight is 460 g/mol. The van der Waals surface area contributed by atoms with Gasteiger partial charge in [-0.2, -0.15) is 0 Å². The third kappa shape index (κ3) is 4.36. The molecule has 2 aromatic heterocycles. The zero-order valence-corrected chi connectivity index (χ0v) is 18.9. The number of aromatic nitrogens is 3. The van der Waals surface area contributed by atoms with Gasteiger partial charge in [0.1, 0.15) is 12.3 Å². The van der Waals surface area contributed by atoms with E-state index in [9.17, 15) is 9.59 Å². The summed E-state index contributed by atoms with van der Waals surface area (Å²) in [6.07, 6.45) is 0. The molecule has 0 atom stereocenters. The van der Waals surface area contributed by atoms with Crippen LogP contribution < -0.4 is 15.4 Å². The fourth-order valence-corrected chi connectivity index (χ4v) is 4.12. The van der Waals surface area contributed by atoms with Crippen molar-refractivity contribution in [2.45, 2.75) is 13.5 Å². The van der Waals surface area contributed by atoms with Gasteiger partial charge >= 0.3 is 5.76 Å². The van der Waals surface area contributed by atoms with Gasteiger partial charge in [0.25, 0.3) is 0 Å². The van der Waals surface area contributed by atoms with Crippen LogP contribution in [0.5, 0.6) is 5.75 Å². The number of carbonyl (C=O) groups excluding carboxylic acids is 1. The molecule has 1 amide bonds. The number of nitrogens with zero attached hydrogens (tertiary/aromatic N) is 5. The zero-order valence-electron chi connectivity index (χ0n) is 18.9. The molecule has 0 N–H and O–H groups in total. The number of para-hydroxylation sites is 2. The lowest BCUT2D eigenvalue weighted by Gasteiger charge is -2.35. The monoisotopic (exact) mass is 459 g/mol. The van der Waals surface area contributed by atoms with Crippen molar-refractivity contribution in [1.29, 1.82) is 0 Å². The van der Waals surface area contributed by atoms with Gasteiger partial charge in [-0.15, -0.1) is 10.2 Å². The third-order valence-corrected chi connectivity index (χ3v) is 5.94. The standard InChI is InChI=1S/C25H25N5O4/c1-2-33-19-9-7-18(8-10-19)20-11-12-23(27-26-20)28-13-15-29(16-14-28)24(31)17-30-21-5-3-4-6-22(21)34-25(30)32/h3-12H,2,13-17H2,1H3. The molecule has 9 heteroatoms. The average Bonchev–Trinajstić information content (AvgIpc) is 3.20. The van der Waals surface area contributed by atoms with Crippen LogP contribution in [0.1, 0.15) is 6.92 Å². The minimum Gasteiger partial charge on any atom is -0.494 e. The number of hydrogen-bond donors (Lipinski definition) is 0. The molecule has 4 aromatic rings. The molecule has 9 nitrogen and oxygen atoms in total. The number of ether oxygens (including phenoxy) is 1. The molecule has 5 rings (SSSR count). The first-order valence-corrected chi connectivity index (χ1v) is 11.3. The van der Waals surface area contributed by atoms with Gasteiger partial charge in [0, 0.05) is 31.7 Å². The number of benzene rings is 2. The molecular weight excluding hydrogens is 434 g/mol. The van der Waals surface area contributed by atoms with Crippen molar-refractivity contribution in [3.05, 3.63) is 71.2 Å². The SMILES string of the molecule is CCOc1ccc(-c2ccc(N3CCN(C(=O)Cn4c(=O)oc5ccccc54)CC3)nn2)cc1. The van der Waals surface area contributed by atoms with E-state index in [1.807, 2.05) is 49.4 Å². The Morgan fingerprint density at radius 3 is 2.44 bits per heavy atom. The van der Waals surface area contributed by atoms with Crippen molar-refractivity contribution in [1.82, 2.24) is 19.7 Å². The number of rotatable bonds is 6. The van der Waals surface area contributed by atoms with Crippen LogP contribution in [0.15, 0.2) is 69.9 Å². The summed E-state index contributed by atoms with van der Waals surface area (Å²) < 4.78 is 12.1. The first-order chi connectivity index (χ1) is 16.6. The van der Waals surface area contributed by atoms with Crippen molar-refractivity contribution >= 4 is 22.8 Å². The van der Waals surface area contributed by atoms with Gasteiger partial charge in [-0.3, -0.25) is 9.36 Å². The van der Waals surface area contributed by atoms with E-state index < -0.39 is 5.76 Å². The van der Waals surface area contributed by atoms with Crippen LogP contribution in [0.3, 0.4) is 0 Å². The zero-order chi connectivity index (χ0) is 23.5. The van der Waals surface area contributed by atoms with E-state index in [1.165, 1.54) is 4.57 Å². The first-order valence-electron chi connectivity index (χ1n) is 11.3. The quantitative estimate of drug-likeness (QED) is 0.438. The molecule has 34 heavy (non-hydrogen) atoms. The fourth-order valence-electron chi connectivity index (χ4n) is 4.12. The number of amides is 1. The number of hydrogen-bond acceptors (Lipinski definition) is 7. The Morgan fingerprint density at radius 2 is 1.74 bits per heavy atom. The van der Waals surface area contributed by atoms with Gasteiger partial charge in [-0.05, 0) is 55.5 Å². The van der Waals surface area contributed by atoms with Gasteiger partial charge in [0.05, 0.1) is 17.8 Å². The molecule has 2 aromatic carbocycles. The predicted octanol–water partition coefficient (Wildman–Crippen LogP) is 2.80. The van der Waals surface area contributed by atoms with Crippen LogP contribution in [0.4, 0.5) is 5.82 Å². The maximum absolute atomic E-state index is 12.8. The summed E-state index contributed by atoms with van der Waals surface area (Å²) >= 11 is 0. The number of oxazole rings is 1. The third-order valence-electron chi connectivity index (χ3n) is 5.94. The van der Waals surface area contributed by atoms with E-state index in [2.05, 4.69) is 15.1 Å². The van der Waals surface area contributed by atoms with Crippen LogP contribution >= 0.6 is 0 Å². The molecule has 1 aliphatic heterocycles. The Bertz CT molecular complexity index is 1340. The van der Waals surface area contributed by atoms with Gasteiger partial charge < -0.3 is 19.0 Å². The second kappa shape index (κ2) is 9.38. The van der Waals surface area contributed by atoms with Crippen molar-refractivity contribution in [2.75, 3.05) is 37.7 Å². The van der Waals surface area contributed by atoms with E-state index in [1.54, 1.807) is 23.1 Å². The van der Waals surface area contributed by atoms with Crippen molar-refractivity contribution < 1.29 is 13.9 Å². The minimum absolute atomic E-state index is 0.0353. The Morgan fingerprint density at radius 1 is 0.971 bits per heavy atom. The van der Waals surface area contributed by atoms with Crippen molar-refractivity contribution in [3.63, 3.8) is 0 Å². The molecule has 0 spiro atoms. The summed E-state index contributed by atoms with van der Waals surface area (Å²) in [5, 5.41) is 8.78. The van der Waals surface area contributed by atoms with Crippen LogP contribution in [-0.4, -0.2) is 58.4 Å². The molecule has 0 bridgehead atoms. The number of fused-ring (bicyclic) bond motifs is 1. The van der Waals surface area contributed by atoms with Crippen molar-refractivity contribution in [2.24, 2.45) is 0 Å². The number of piperazine rings is 1. The van der Waals surface area contributed by atoms with Gasteiger partial charge in [-0.1, -0.05) is 12.1 Å². The lowest BCUT2D eigenvalue weighted by molar-refractivity contribution is -0.132. The molecular formula is C25H25N5O4. The highest BCUT2D eigenvalue weighted by Crippen LogP contribution is 2.22. The Balaban J connectivity index is 1.20. The molecule has 0 saturated carbocycles. The van der Waals surface area contributed by atoms with E-state index >= 15 is 0 Å². The Labute approximate surface area is 196 Å². The lowest BCUT2D eigenvalue weighted by Crippen LogP contribution is -2.50. The Hall–Kier alpha value is -4.14. The smallest absolute Gasteiger partial charge is 0.420 e. The maximum Gasteiger partial charge on any atom is 0.420 e. The molecule has 1 saturated heterocycles. The topological polar surface area (TPSA) is 93.7 Å². The van der Waals surface area contributed by atoms with Gasteiger partial charge in [0.2, 0.25) is 5.91 Å². The Kier molecular flexibility index (Phi) is 5.99. The second-order valence-electron chi connectivity index (χ2n) is 8.02. The number of carbonyl (C=O) groups is 1. The predicted molar refractivity (Wildman–Crippen MR) is 128 cm³/mol. The molecule has 174 valence electrons. The molecule has 0 aliphatic carbocycles. The highest BCUT2D eigenvalue weighted by Gasteiger charge is 2.23. The van der Waals surface area contributed by atoms with Crippen LogP contribution in [-0.2, 0) is 11.3 Å². The fraction of sp³-hybridized carbons (Fsp3) is 0.280. The lowest BCUT2D eigenvalue weighted by atomic mass is 10.1. The van der Waals surface area contributed by atoms with E-state index in [4.69, 9.17) is 9.15 Å². The highest BCUT2D eigenvalue weighted by atomic mass is 16.5. The van der Waals surface area contributed by atoms with E-state index in [-0.39, 0.29) is 12.5 Å². The molecule has 0 unspecified atom stereocenters. The van der Waals surface area contributed by atoms with Crippen LogP contribution in [0, 0.1) is 0 Å². The van der Waals surface area contributed by atoms with Gasteiger partial charge in [0.15, 0.2) is 11.4 Å². The summed E-state index contributed by atoms with van der Waals surface area (Å²) in [7, 11) is 0. The summed E-state index contributed by atoms with van der Waals surface area (Å²) in [6.45, 7) is 4.93.